The molecular weight excluding hydrogens is 230 g/mol. The van der Waals surface area contributed by atoms with Crippen LogP contribution in [-0.2, 0) is 6.54 Å². The van der Waals surface area contributed by atoms with Crippen molar-refractivity contribution < 1.29 is 4.74 Å². The van der Waals surface area contributed by atoms with Crippen LogP contribution in [0.15, 0.2) is 30.6 Å². The normalized spacial score (nSPS) is 10.3. The molecule has 6 nitrogen and oxygen atoms in total. The predicted molar refractivity (Wildman–Crippen MR) is 70.5 cm³/mol. The van der Waals surface area contributed by atoms with E-state index in [0.29, 0.717) is 18.0 Å². The maximum Gasteiger partial charge on any atom is 0.144 e. The van der Waals surface area contributed by atoms with E-state index >= 15 is 0 Å². The minimum absolute atomic E-state index is 0.604. The van der Waals surface area contributed by atoms with Gasteiger partial charge in [0.15, 0.2) is 0 Å². The summed E-state index contributed by atoms with van der Waals surface area (Å²) in [5.41, 5.74) is 7.44. The van der Waals surface area contributed by atoms with Gasteiger partial charge in [-0.15, -0.1) is 5.10 Å². The van der Waals surface area contributed by atoms with Crippen molar-refractivity contribution in [3.63, 3.8) is 0 Å². The van der Waals surface area contributed by atoms with Crippen molar-refractivity contribution in [3.05, 3.63) is 30.6 Å². The number of nitrogen functional groups attached to an aromatic ring is 1. The molecule has 1 aromatic carbocycles. The van der Waals surface area contributed by atoms with Crippen LogP contribution in [0.3, 0.4) is 0 Å². The molecule has 6 heteroatoms. The first-order chi connectivity index (χ1) is 8.79. The van der Waals surface area contributed by atoms with Crippen LogP contribution in [0.5, 0.6) is 5.75 Å². The van der Waals surface area contributed by atoms with Crippen LogP contribution in [0.25, 0.3) is 0 Å². The van der Waals surface area contributed by atoms with Crippen molar-refractivity contribution in [1.29, 1.82) is 0 Å². The fraction of sp³-hybridized carbons (Fsp3) is 0.333. The Balaban J connectivity index is 1.90. The molecule has 1 aromatic heterocycles. The van der Waals surface area contributed by atoms with Gasteiger partial charge in [-0.3, -0.25) is 4.68 Å². The first kappa shape index (κ1) is 12.2. The molecule has 1 heterocycles. The fourth-order valence-electron chi connectivity index (χ4n) is 1.59. The largest absolute Gasteiger partial charge is 0.492 e. The quantitative estimate of drug-likeness (QED) is 0.754. The van der Waals surface area contributed by atoms with E-state index in [9.17, 15) is 0 Å². The molecule has 0 unspecified atom stereocenters. The highest BCUT2D eigenvalue weighted by Gasteiger charge is 2.01. The number of nitrogens with two attached hydrogens (primary N) is 1. The van der Waals surface area contributed by atoms with Crippen LogP contribution in [0.1, 0.15) is 6.92 Å². The highest BCUT2D eigenvalue weighted by atomic mass is 16.5. The van der Waals surface area contributed by atoms with Crippen LogP contribution >= 0.6 is 0 Å². The standard InChI is InChI=1S/C12H17N5O/c1-2-18-12-9-10(3-4-11(12)13)14-5-7-17-8-6-15-16-17/h3-4,6,8-9,14H,2,5,7,13H2,1H3. The van der Waals surface area contributed by atoms with Crippen LogP contribution in [0.4, 0.5) is 11.4 Å². The third-order valence-corrected chi connectivity index (χ3v) is 2.46. The second kappa shape index (κ2) is 5.90. The maximum absolute atomic E-state index is 5.81. The number of aromatic nitrogens is 3. The summed E-state index contributed by atoms with van der Waals surface area (Å²) in [4.78, 5) is 0. The van der Waals surface area contributed by atoms with Gasteiger partial charge in [-0.1, -0.05) is 5.21 Å². The highest BCUT2D eigenvalue weighted by Crippen LogP contribution is 2.25. The van der Waals surface area contributed by atoms with Gasteiger partial charge in [-0.25, -0.2) is 0 Å². The summed E-state index contributed by atoms with van der Waals surface area (Å²) in [6.45, 7) is 4.06. The molecule has 0 radical (unpaired) electrons. The molecule has 0 aliphatic carbocycles. The number of nitrogens with one attached hydrogen (secondary N) is 1. The second-order valence-electron chi connectivity index (χ2n) is 3.78. The van der Waals surface area contributed by atoms with Gasteiger partial charge in [0.25, 0.3) is 0 Å². The van der Waals surface area contributed by atoms with Crippen molar-refractivity contribution >= 4 is 11.4 Å². The molecule has 3 N–H and O–H groups in total. The van der Waals surface area contributed by atoms with Gasteiger partial charge < -0.3 is 15.8 Å². The second-order valence-corrected chi connectivity index (χ2v) is 3.78. The van der Waals surface area contributed by atoms with E-state index in [-0.39, 0.29) is 0 Å². The average molecular weight is 247 g/mol. The maximum atomic E-state index is 5.81. The summed E-state index contributed by atoms with van der Waals surface area (Å²) in [7, 11) is 0. The Kier molecular flexibility index (Phi) is 4.01. The van der Waals surface area contributed by atoms with Gasteiger partial charge in [0, 0.05) is 24.5 Å². The van der Waals surface area contributed by atoms with E-state index in [1.807, 2.05) is 31.3 Å². The van der Waals surface area contributed by atoms with E-state index < -0.39 is 0 Å². The summed E-state index contributed by atoms with van der Waals surface area (Å²) < 4.78 is 7.21. The highest BCUT2D eigenvalue weighted by molar-refractivity contribution is 5.61. The summed E-state index contributed by atoms with van der Waals surface area (Å²) >= 11 is 0. The lowest BCUT2D eigenvalue weighted by atomic mass is 10.2. The SMILES string of the molecule is CCOc1cc(NCCn2ccnn2)ccc1N. The number of hydrogen-bond donors (Lipinski definition) is 2. The van der Waals surface area contributed by atoms with E-state index in [0.717, 1.165) is 18.8 Å². The Morgan fingerprint density at radius 3 is 3.06 bits per heavy atom. The van der Waals surface area contributed by atoms with Crippen molar-refractivity contribution in [2.45, 2.75) is 13.5 Å². The molecule has 0 aliphatic heterocycles. The zero-order chi connectivity index (χ0) is 12.8. The predicted octanol–water partition coefficient (Wildman–Crippen LogP) is 1.37. The summed E-state index contributed by atoms with van der Waals surface area (Å²) in [5, 5.41) is 10.9. The van der Waals surface area contributed by atoms with Crippen LogP contribution in [0, 0.1) is 0 Å². The number of ether oxygens (including phenoxy) is 1. The molecule has 0 spiro atoms. The van der Waals surface area contributed by atoms with Crippen LogP contribution in [0.2, 0.25) is 0 Å². The molecule has 0 amide bonds. The lowest BCUT2D eigenvalue weighted by Gasteiger charge is -2.11. The van der Waals surface area contributed by atoms with Gasteiger partial charge >= 0.3 is 0 Å². The van der Waals surface area contributed by atoms with Crippen LogP contribution in [-0.4, -0.2) is 28.1 Å². The van der Waals surface area contributed by atoms with Gasteiger partial charge in [0.2, 0.25) is 0 Å². The number of nitrogens with zero attached hydrogens (tertiary/aromatic N) is 3. The third kappa shape index (κ3) is 3.13. The zero-order valence-corrected chi connectivity index (χ0v) is 10.3. The number of anilines is 2. The van der Waals surface area contributed by atoms with Crippen molar-refractivity contribution in [3.8, 4) is 5.75 Å². The monoisotopic (exact) mass is 247 g/mol. The summed E-state index contributed by atoms with van der Waals surface area (Å²) in [6.07, 6.45) is 3.49. The van der Waals surface area contributed by atoms with Crippen molar-refractivity contribution in [2.24, 2.45) is 0 Å². The molecule has 0 atom stereocenters. The average Bonchev–Trinajstić information content (AvgIpc) is 2.87. The summed E-state index contributed by atoms with van der Waals surface area (Å²) in [6, 6.07) is 5.67. The van der Waals surface area contributed by atoms with Crippen molar-refractivity contribution in [2.75, 3.05) is 24.2 Å². The fourth-order valence-corrected chi connectivity index (χ4v) is 1.59. The molecule has 0 saturated carbocycles. The molecule has 2 aromatic rings. The van der Waals surface area contributed by atoms with Gasteiger partial charge in [0.05, 0.1) is 25.0 Å². The molecular formula is C12H17N5O. The van der Waals surface area contributed by atoms with Crippen LogP contribution < -0.4 is 15.8 Å². The van der Waals surface area contributed by atoms with Gasteiger partial charge in [-0.2, -0.15) is 0 Å². The molecule has 96 valence electrons. The minimum Gasteiger partial charge on any atom is -0.492 e. The Labute approximate surface area is 106 Å². The molecule has 0 bridgehead atoms. The first-order valence-corrected chi connectivity index (χ1v) is 5.90. The van der Waals surface area contributed by atoms with Gasteiger partial charge in [0.1, 0.15) is 5.75 Å². The lowest BCUT2D eigenvalue weighted by Crippen LogP contribution is -2.11. The molecule has 0 aliphatic rings. The first-order valence-electron chi connectivity index (χ1n) is 5.90. The third-order valence-electron chi connectivity index (χ3n) is 2.46. The zero-order valence-electron chi connectivity index (χ0n) is 10.3. The van der Waals surface area contributed by atoms with Gasteiger partial charge in [-0.05, 0) is 19.1 Å². The topological polar surface area (TPSA) is 78.0 Å². The molecule has 18 heavy (non-hydrogen) atoms. The van der Waals surface area contributed by atoms with Crippen molar-refractivity contribution in [1.82, 2.24) is 15.0 Å². The Morgan fingerprint density at radius 1 is 1.44 bits per heavy atom. The van der Waals surface area contributed by atoms with E-state index in [1.54, 1.807) is 10.9 Å². The van der Waals surface area contributed by atoms with E-state index in [4.69, 9.17) is 10.5 Å². The lowest BCUT2D eigenvalue weighted by molar-refractivity contribution is 0.342. The molecule has 2 rings (SSSR count). The number of benzene rings is 1. The molecule has 0 saturated heterocycles. The smallest absolute Gasteiger partial charge is 0.144 e. The van der Waals surface area contributed by atoms with E-state index in [1.165, 1.54) is 0 Å². The summed E-state index contributed by atoms with van der Waals surface area (Å²) in [5.74, 6) is 0.711. The number of hydrogen-bond acceptors (Lipinski definition) is 5. The Hall–Kier alpha value is -2.24. The van der Waals surface area contributed by atoms with E-state index in [2.05, 4.69) is 15.6 Å². The Bertz CT molecular complexity index is 483. The Morgan fingerprint density at radius 2 is 2.33 bits per heavy atom. The molecule has 0 fully saturated rings. The number of rotatable bonds is 6. The minimum atomic E-state index is 0.604.